The molecule has 2 aromatic rings. The van der Waals surface area contributed by atoms with Gasteiger partial charge in [0.25, 0.3) is 0 Å². The van der Waals surface area contributed by atoms with E-state index in [9.17, 15) is 13.2 Å². The van der Waals surface area contributed by atoms with Gasteiger partial charge in [0.2, 0.25) is 0 Å². The summed E-state index contributed by atoms with van der Waals surface area (Å²) in [6, 6.07) is 5.29. The Morgan fingerprint density at radius 3 is 2.26 bits per heavy atom. The van der Waals surface area contributed by atoms with Gasteiger partial charge >= 0.3 is 6.18 Å². The lowest BCUT2D eigenvalue weighted by Crippen LogP contribution is -2.03. The van der Waals surface area contributed by atoms with Gasteiger partial charge in [0.15, 0.2) is 0 Å². The fraction of sp³-hybridized carbons (Fsp3) is 0.500. The van der Waals surface area contributed by atoms with E-state index in [1.54, 1.807) is 11.3 Å². The van der Waals surface area contributed by atoms with Crippen LogP contribution in [0.5, 0.6) is 0 Å². The van der Waals surface area contributed by atoms with Crippen LogP contribution in [0.25, 0.3) is 10.6 Å². The molecule has 126 valence electrons. The number of alkyl halides is 3. The van der Waals surface area contributed by atoms with E-state index in [2.05, 4.69) is 18.8 Å². The second-order valence-electron chi connectivity index (χ2n) is 5.63. The van der Waals surface area contributed by atoms with Crippen LogP contribution in [0.2, 0.25) is 0 Å². The summed E-state index contributed by atoms with van der Waals surface area (Å²) < 4.78 is 37.9. The molecule has 0 atom stereocenters. The number of hydrogen-bond acceptors (Lipinski definition) is 2. The van der Waals surface area contributed by atoms with Crippen LogP contribution in [0.3, 0.4) is 0 Å². The monoisotopic (exact) mass is 341 g/mol. The van der Waals surface area contributed by atoms with Crippen molar-refractivity contribution >= 4 is 11.3 Å². The predicted octanol–water partition coefficient (Wildman–Crippen LogP) is 6.51. The third-order valence-corrected chi connectivity index (χ3v) is 5.12. The summed E-state index contributed by atoms with van der Waals surface area (Å²) in [5, 5.41) is 0.820. The van der Waals surface area contributed by atoms with Crippen LogP contribution in [0, 0.1) is 0 Å². The van der Waals surface area contributed by atoms with E-state index in [-0.39, 0.29) is 0 Å². The first-order valence-electron chi connectivity index (χ1n) is 8.12. The van der Waals surface area contributed by atoms with Crippen molar-refractivity contribution in [2.75, 3.05) is 0 Å². The standard InChI is InChI=1S/C18H22F3NS/c1-3-5-6-7-8-15-16(4-2)23-17(22-15)13-9-11-14(12-10-13)18(19,20)21/h9-12H,3-8H2,1-2H3. The number of aromatic nitrogens is 1. The molecule has 1 aromatic carbocycles. The fourth-order valence-electron chi connectivity index (χ4n) is 2.50. The Morgan fingerprint density at radius 1 is 1.00 bits per heavy atom. The second kappa shape index (κ2) is 7.95. The minimum atomic E-state index is -4.29. The lowest BCUT2D eigenvalue weighted by molar-refractivity contribution is -0.137. The van der Waals surface area contributed by atoms with Crippen LogP contribution in [0.15, 0.2) is 24.3 Å². The molecule has 1 nitrogen and oxygen atoms in total. The number of thiazole rings is 1. The lowest BCUT2D eigenvalue weighted by Gasteiger charge is -2.06. The van der Waals surface area contributed by atoms with Gasteiger partial charge in [-0.3, -0.25) is 0 Å². The molecule has 0 bridgehead atoms. The first kappa shape index (κ1) is 18.0. The van der Waals surface area contributed by atoms with Crippen LogP contribution in [0.1, 0.15) is 55.7 Å². The Kier molecular flexibility index (Phi) is 6.22. The molecular weight excluding hydrogens is 319 g/mol. The SMILES string of the molecule is CCCCCCc1nc(-c2ccc(C(F)(F)F)cc2)sc1CC. The molecule has 0 unspecified atom stereocenters. The van der Waals surface area contributed by atoms with Crippen molar-refractivity contribution in [2.24, 2.45) is 0 Å². The van der Waals surface area contributed by atoms with Crippen molar-refractivity contribution in [3.8, 4) is 10.6 Å². The van der Waals surface area contributed by atoms with Crippen molar-refractivity contribution in [3.63, 3.8) is 0 Å². The Labute approximate surface area is 139 Å². The molecule has 0 saturated heterocycles. The zero-order valence-electron chi connectivity index (χ0n) is 13.5. The Morgan fingerprint density at radius 2 is 1.70 bits per heavy atom. The van der Waals surface area contributed by atoms with Gasteiger partial charge < -0.3 is 0 Å². The minimum Gasteiger partial charge on any atom is -0.241 e. The van der Waals surface area contributed by atoms with Crippen molar-refractivity contribution in [1.29, 1.82) is 0 Å². The van der Waals surface area contributed by atoms with E-state index in [1.165, 1.54) is 36.3 Å². The van der Waals surface area contributed by atoms with Crippen molar-refractivity contribution in [1.82, 2.24) is 4.98 Å². The van der Waals surface area contributed by atoms with Gasteiger partial charge in [0, 0.05) is 10.4 Å². The number of unbranched alkanes of at least 4 members (excludes halogenated alkanes) is 3. The molecule has 23 heavy (non-hydrogen) atoms. The molecule has 0 radical (unpaired) electrons. The summed E-state index contributed by atoms with van der Waals surface area (Å²) in [6.45, 7) is 4.28. The number of hydrogen-bond donors (Lipinski definition) is 0. The Bertz CT molecular complexity index is 614. The van der Waals surface area contributed by atoms with Crippen LogP contribution >= 0.6 is 11.3 Å². The summed E-state index contributed by atoms with van der Waals surface area (Å²) in [5.74, 6) is 0. The largest absolute Gasteiger partial charge is 0.416 e. The fourth-order valence-corrected chi connectivity index (χ4v) is 3.55. The highest BCUT2D eigenvalue weighted by Gasteiger charge is 2.30. The first-order valence-corrected chi connectivity index (χ1v) is 8.93. The van der Waals surface area contributed by atoms with Gasteiger partial charge in [0.1, 0.15) is 5.01 Å². The summed E-state index contributed by atoms with van der Waals surface area (Å²) in [5.41, 5.74) is 1.26. The summed E-state index contributed by atoms with van der Waals surface area (Å²) in [4.78, 5) is 5.92. The molecule has 0 aliphatic heterocycles. The molecule has 5 heteroatoms. The van der Waals surface area contributed by atoms with Gasteiger partial charge in [-0.2, -0.15) is 13.2 Å². The van der Waals surface area contributed by atoms with Gasteiger partial charge in [-0.1, -0.05) is 45.2 Å². The zero-order chi connectivity index (χ0) is 16.9. The lowest BCUT2D eigenvalue weighted by atomic mass is 10.1. The zero-order valence-corrected chi connectivity index (χ0v) is 14.4. The quantitative estimate of drug-likeness (QED) is 0.523. The van der Waals surface area contributed by atoms with Crippen LogP contribution < -0.4 is 0 Å². The molecule has 2 rings (SSSR count). The molecule has 1 aromatic heterocycles. The summed E-state index contributed by atoms with van der Waals surface area (Å²) >= 11 is 1.60. The first-order chi connectivity index (χ1) is 11.0. The number of halogens is 3. The van der Waals surface area contributed by atoms with Gasteiger partial charge in [-0.25, -0.2) is 4.98 Å². The van der Waals surface area contributed by atoms with Crippen molar-refractivity contribution in [3.05, 3.63) is 40.4 Å². The molecule has 0 saturated carbocycles. The number of rotatable bonds is 7. The average molecular weight is 341 g/mol. The van der Waals surface area contributed by atoms with Crippen LogP contribution in [0.4, 0.5) is 13.2 Å². The minimum absolute atomic E-state index is 0.617. The predicted molar refractivity (Wildman–Crippen MR) is 89.8 cm³/mol. The average Bonchev–Trinajstić information content (AvgIpc) is 2.94. The highest BCUT2D eigenvalue weighted by atomic mass is 32.1. The summed E-state index contributed by atoms with van der Waals surface area (Å²) in [7, 11) is 0. The van der Waals surface area contributed by atoms with Gasteiger partial charge in [-0.05, 0) is 31.4 Å². The number of aryl methyl sites for hydroxylation is 2. The molecule has 0 fully saturated rings. The number of benzene rings is 1. The van der Waals surface area contributed by atoms with E-state index in [1.807, 2.05) is 0 Å². The van der Waals surface area contributed by atoms with E-state index >= 15 is 0 Å². The van der Waals surface area contributed by atoms with Crippen LogP contribution in [-0.4, -0.2) is 4.98 Å². The molecule has 0 aliphatic rings. The topological polar surface area (TPSA) is 12.9 Å². The summed E-state index contributed by atoms with van der Waals surface area (Å²) in [6.07, 6.45) is 2.35. The molecule has 1 heterocycles. The molecule has 0 spiro atoms. The Hall–Kier alpha value is -1.36. The number of nitrogens with zero attached hydrogens (tertiary/aromatic N) is 1. The van der Waals surface area contributed by atoms with Gasteiger partial charge in [-0.15, -0.1) is 11.3 Å². The molecule has 0 aliphatic carbocycles. The van der Waals surface area contributed by atoms with E-state index in [0.29, 0.717) is 0 Å². The normalized spacial score (nSPS) is 11.9. The van der Waals surface area contributed by atoms with E-state index in [0.717, 1.165) is 47.7 Å². The molecule has 0 amide bonds. The smallest absolute Gasteiger partial charge is 0.241 e. The maximum absolute atomic E-state index is 12.6. The maximum Gasteiger partial charge on any atom is 0.416 e. The third kappa shape index (κ3) is 4.80. The second-order valence-corrected chi connectivity index (χ2v) is 6.71. The highest BCUT2D eigenvalue weighted by molar-refractivity contribution is 7.15. The van der Waals surface area contributed by atoms with E-state index in [4.69, 9.17) is 0 Å². The third-order valence-electron chi connectivity index (χ3n) is 3.83. The molecule has 0 N–H and O–H groups in total. The molecular formula is C18H22F3NS. The van der Waals surface area contributed by atoms with E-state index < -0.39 is 11.7 Å². The Balaban J connectivity index is 2.15. The van der Waals surface area contributed by atoms with Gasteiger partial charge in [0.05, 0.1) is 11.3 Å². The van der Waals surface area contributed by atoms with Crippen molar-refractivity contribution < 1.29 is 13.2 Å². The van der Waals surface area contributed by atoms with Crippen molar-refractivity contribution in [2.45, 2.75) is 58.5 Å². The van der Waals surface area contributed by atoms with Crippen LogP contribution in [-0.2, 0) is 19.0 Å². The highest BCUT2D eigenvalue weighted by Crippen LogP contribution is 2.33. The maximum atomic E-state index is 12.6.